The van der Waals surface area contributed by atoms with Gasteiger partial charge in [-0.15, -0.1) is 0 Å². The zero-order valence-electron chi connectivity index (χ0n) is 10.6. The van der Waals surface area contributed by atoms with Crippen molar-refractivity contribution in [3.8, 4) is 0 Å². The number of piperidine rings is 1. The first-order valence-corrected chi connectivity index (χ1v) is 6.39. The summed E-state index contributed by atoms with van der Waals surface area (Å²) in [5.41, 5.74) is 0. The molecule has 2 fully saturated rings. The normalized spacial score (nSPS) is 29.2. The third-order valence-corrected chi connectivity index (χ3v) is 3.90. The topological polar surface area (TPSA) is 78.9 Å². The fourth-order valence-corrected chi connectivity index (χ4v) is 2.68. The van der Waals surface area contributed by atoms with Crippen LogP contribution in [-0.4, -0.2) is 61.3 Å². The maximum absolute atomic E-state index is 12.3. The molecule has 18 heavy (non-hydrogen) atoms. The number of carbonyl (C=O) groups is 2. The minimum atomic E-state index is -0.887. The number of rotatable bonds is 3. The fourth-order valence-electron chi connectivity index (χ4n) is 2.68. The van der Waals surface area contributed by atoms with Crippen LogP contribution in [0.3, 0.4) is 0 Å². The quantitative estimate of drug-likeness (QED) is 0.714. The van der Waals surface area contributed by atoms with E-state index in [9.17, 15) is 9.59 Å². The van der Waals surface area contributed by atoms with E-state index in [4.69, 9.17) is 9.84 Å². The molecular formula is C12H20N2O4. The third kappa shape index (κ3) is 2.64. The lowest BCUT2D eigenvalue weighted by Gasteiger charge is -2.31. The summed E-state index contributed by atoms with van der Waals surface area (Å²) in [4.78, 5) is 25.0. The van der Waals surface area contributed by atoms with E-state index < -0.39 is 11.9 Å². The summed E-state index contributed by atoms with van der Waals surface area (Å²) in [6, 6.07) is -0.329. The molecule has 0 aliphatic carbocycles. The first kappa shape index (κ1) is 13.3. The number of likely N-dealkylation sites (N-methyl/N-ethyl adjacent to an activating group) is 1. The van der Waals surface area contributed by atoms with E-state index in [0.29, 0.717) is 6.61 Å². The van der Waals surface area contributed by atoms with Gasteiger partial charge in [0.1, 0.15) is 5.92 Å². The van der Waals surface area contributed by atoms with Gasteiger partial charge in [-0.25, -0.2) is 0 Å². The molecule has 2 N–H and O–H groups in total. The van der Waals surface area contributed by atoms with Gasteiger partial charge in [0, 0.05) is 13.0 Å². The van der Waals surface area contributed by atoms with Gasteiger partial charge in [0.2, 0.25) is 5.91 Å². The fraction of sp³-hybridized carbons (Fsp3) is 0.833. The lowest BCUT2D eigenvalue weighted by atomic mass is 9.94. The molecular weight excluding hydrogens is 236 g/mol. The Morgan fingerprint density at radius 2 is 1.94 bits per heavy atom. The number of nitrogens with zero attached hydrogens (tertiary/aromatic N) is 1. The predicted octanol–water partition coefficient (Wildman–Crippen LogP) is -0.456. The van der Waals surface area contributed by atoms with Crippen molar-refractivity contribution in [2.45, 2.75) is 18.9 Å². The summed E-state index contributed by atoms with van der Waals surface area (Å²) in [7, 11) is 1.69. The van der Waals surface area contributed by atoms with Crippen LogP contribution >= 0.6 is 0 Å². The number of carbonyl (C=O) groups excluding carboxylic acids is 1. The van der Waals surface area contributed by atoms with Gasteiger partial charge < -0.3 is 20.1 Å². The summed E-state index contributed by atoms with van der Waals surface area (Å²) in [5, 5.41) is 12.3. The van der Waals surface area contributed by atoms with Gasteiger partial charge in [0.05, 0.1) is 19.3 Å². The molecule has 1 amide bonds. The van der Waals surface area contributed by atoms with Gasteiger partial charge in [-0.1, -0.05) is 0 Å². The number of ether oxygens (including phenoxy) is 1. The molecule has 2 atom stereocenters. The number of aliphatic carboxylic acids is 1. The van der Waals surface area contributed by atoms with Crippen LogP contribution in [0.5, 0.6) is 0 Å². The van der Waals surface area contributed by atoms with Crippen LogP contribution in [-0.2, 0) is 14.3 Å². The van der Waals surface area contributed by atoms with Crippen LogP contribution in [0.2, 0.25) is 0 Å². The van der Waals surface area contributed by atoms with Crippen molar-refractivity contribution in [2.75, 3.05) is 33.4 Å². The van der Waals surface area contributed by atoms with Crippen molar-refractivity contribution in [3.63, 3.8) is 0 Å². The molecule has 0 bridgehead atoms. The van der Waals surface area contributed by atoms with Gasteiger partial charge in [-0.2, -0.15) is 0 Å². The van der Waals surface area contributed by atoms with Crippen molar-refractivity contribution in [1.29, 1.82) is 0 Å². The summed E-state index contributed by atoms with van der Waals surface area (Å²) in [6.07, 6.45) is 1.66. The van der Waals surface area contributed by atoms with Gasteiger partial charge in [0.25, 0.3) is 0 Å². The maximum atomic E-state index is 12.3. The second kappa shape index (κ2) is 5.67. The van der Waals surface area contributed by atoms with E-state index >= 15 is 0 Å². The van der Waals surface area contributed by atoms with Crippen molar-refractivity contribution >= 4 is 11.9 Å². The zero-order chi connectivity index (χ0) is 13.1. The Labute approximate surface area is 106 Å². The Morgan fingerprint density at radius 1 is 1.28 bits per heavy atom. The lowest BCUT2D eigenvalue weighted by Crippen LogP contribution is -2.48. The Kier molecular flexibility index (Phi) is 4.19. The van der Waals surface area contributed by atoms with Crippen LogP contribution in [0.4, 0.5) is 0 Å². The Morgan fingerprint density at radius 3 is 2.56 bits per heavy atom. The first-order chi connectivity index (χ1) is 8.61. The zero-order valence-corrected chi connectivity index (χ0v) is 10.6. The second-order valence-electron chi connectivity index (χ2n) is 5.02. The molecule has 2 aliphatic heterocycles. The number of hydrogen-bond acceptors (Lipinski definition) is 4. The summed E-state index contributed by atoms with van der Waals surface area (Å²) in [5.74, 6) is -1.41. The average molecular weight is 256 g/mol. The van der Waals surface area contributed by atoms with Crippen molar-refractivity contribution in [2.24, 2.45) is 11.8 Å². The predicted molar refractivity (Wildman–Crippen MR) is 64.1 cm³/mol. The maximum Gasteiger partial charge on any atom is 0.311 e. The number of carboxylic acids is 1. The monoisotopic (exact) mass is 256 g/mol. The van der Waals surface area contributed by atoms with Crippen LogP contribution in [0.25, 0.3) is 0 Å². The van der Waals surface area contributed by atoms with Crippen LogP contribution < -0.4 is 5.32 Å². The molecule has 0 aromatic carbocycles. The Balaban J connectivity index is 1.98. The highest BCUT2D eigenvalue weighted by Gasteiger charge is 2.39. The summed E-state index contributed by atoms with van der Waals surface area (Å²) < 4.78 is 5.20. The van der Waals surface area contributed by atoms with Crippen LogP contribution in [0, 0.1) is 11.8 Å². The van der Waals surface area contributed by atoms with Crippen LogP contribution in [0.1, 0.15) is 12.8 Å². The Bertz CT molecular complexity index is 328. The van der Waals surface area contributed by atoms with E-state index in [1.165, 1.54) is 0 Å². The molecule has 0 aromatic heterocycles. The molecule has 6 nitrogen and oxygen atoms in total. The van der Waals surface area contributed by atoms with Gasteiger partial charge >= 0.3 is 5.97 Å². The van der Waals surface area contributed by atoms with E-state index in [1.54, 1.807) is 11.9 Å². The van der Waals surface area contributed by atoms with E-state index in [0.717, 1.165) is 25.9 Å². The average Bonchev–Trinajstić information content (AvgIpc) is 2.87. The molecule has 0 spiro atoms. The number of hydrogen-bond donors (Lipinski definition) is 2. The molecule has 2 aliphatic rings. The molecule has 0 saturated carbocycles. The van der Waals surface area contributed by atoms with Crippen molar-refractivity contribution in [3.05, 3.63) is 0 Å². The van der Waals surface area contributed by atoms with Gasteiger partial charge in [-0.3, -0.25) is 9.59 Å². The highest BCUT2D eigenvalue weighted by atomic mass is 16.5. The lowest BCUT2D eigenvalue weighted by molar-refractivity contribution is -0.145. The van der Waals surface area contributed by atoms with Gasteiger partial charge in [0.15, 0.2) is 0 Å². The number of nitrogens with one attached hydrogen (secondary N) is 1. The minimum Gasteiger partial charge on any atom is -0.481 e. The van der Waals surface area contributed by atoms with Crippen molar-refractivity contribution in [1.82, 2.24) is 10.2 Å². The minimum absolute atomic E-state index is 0.0197. The highest BCUT2D eigenvalue weighted by Crippen LogP contribution is 2.23. The smallest absolute Gasteiger partial charge is 0.311 e. The van der Waals surface area contributed by atoms with Gasteiger partial charge in [-0.05, 0) is 25.9 Å². The number of carboxylic acid groups (broad SMARTS) is 1. The third-order valence-electron chi connectivity index (χ3n) is 3.90. The second-order valence-corrected chi connectivity index (χ2v) is 5.02. The molecule has 0 radical (unpaired) electrons. The largest absolute Gasteiger partial charge is 0.481 e. The van der Waals surface area contributed by atoms with Crippen molar-refractivity contribution < 1.29 is 19.4 Å². The van der Waals surface area contributed by atoms with Crippen LogP contribution in [0.15, 0.2) is 0 Å². The van der Waals surface area contributed by atoms with E-state index in [-0.39, 0.29) is 24.5 Å². The molecule has 2 unspecified atom stereocenters. The van der Waals surface area contributed by atoms with E-state index in [1.807, 2.05) is 0 Å². The molecule has 2 heterocycles. The summed E-state index contributed by atoms with van der Waals surface area (Å²) in [6.45, 7) is 2.23. The SMILES string of the molecule is CN(C(=O)C1CCNCC1)C1COCC1C(=O)O. The molecule has 6 heteroatoms. The summed E-state index contributed by atoms with van der Waals surface area (Å²) >= 11 is 0. The Hall–Kier alpha value is -1.14. The number of amides is 1. The van der Waals surface area contributed by atoms with E-state index in [2.05, 4.69) is 5.32 Å². The molecule has 102 valence electrons. The highest BCUT2D eigenvalue weighted by molar-refractivity contribution is 5.80. The molecule has 2 rings (SSSR count). The standard InChI is InChI=1S/C12H20N2O4/c1-14(10-7-18-6-9(10)12(16)17)11(15)8-2-4-13-5-3-8/h8-10,13H,2-7H2,1H3,(H,16,17). The molecule has 2 saturated heterocycles. The molecule has 0 aromatic rings. The first-order valence-electron chi connectivity index (χ1n) is 6.39.